The Morgan fingerprint density at radius 2 is 2.05 bits per heavy atom. The van der Waals surface area contributed by atoms with E-state index in [4.69, 9.17) is 11.1 Å². The number of hydrogen-bond acceptors (Lipinski definition) is 4. The predicted octanol–water partition coefficient (Wildman–Crippen LogP) is 1.76. The van der Waals surface area contributed by atoms with Gasteiger partial charge in [0, 0.05) is 19.3 Å². The molecule has 1 aliphatic rings. The smallest absolute Gasteiger partial charge is 0.126 e. The van der Waals surface area contributed by atoms with Gasteiger partial charge in [-0.15, -0.1) is 0 Å². The lowest BCUT2D eigenvalue weighted by molar-refractivity contribution is 0.222. The summed E-state index contributed by atoms with van der Waals surface area (Å²) >= 11 is 0. The van der Waals surface area contributed by atoms with E-state index in [1.165, 1.54) is 25.9 Å². The van der Waals surface area contributed by atoms with Crippen LogP contribution in [-0.2, 0) is 0 Å². The second-order valence-electron chi connectivity index (χ2n) is 6.28. The molecular weight excluding hydrogens is 262 g/mol. The molecule has 21 heavy (non-hydrogen) atoms. The lowest BCUT2D eigenvalue weighted by Crippen LogP contribution is -2.36. The van der Waals surface area contributed by atoms with Crippen molar-refractivity contribution in [3.8, 4) is 0 Å². The Labute approximate surface area is 127 Å². The molecule has 0 amide bonds. The first-order chi connectivity index (χ1) is 9.88. The molecule has 0 saturated carbocycles. The van der Waals surface area contributed by atoms with Gasteiger partial charge in [0.05, 0.1) is 16.9 Å². The number of pyridine rings is 1. The van der Waals surface area contributed by atoms with Crippen LogP contribution in [0.2, 0.25) is 0 Å². The van der Waals surface area contributed by atoms with E-state index >= 15 is 0 Å². The SMILES string of the molecule is Cc1cc(N(C)CC2CCN(C)CC2)c(C(=N)N)c(C)n1. The first kappa shape index (κ1) is 15.8. The Morgan fingerprint density at radius 1 is 1.43 bits per heavy atom. The minimum Gasteiger partial charge on any atom is -0.384 e. The highest BCUT2D eigenvalue weighted by Crippen LogP contribution is 2.25. The van der Waals surface area contributed by atoms with Gasteiger partial charge in [0.1, 0.15) is 5.84 Å². The van der Waals surface area contributed by atoms with E-state index < -0.39 is 0 Å². The van der Waals surface area contributed by atoms with E-state index in [0.29, 0.717) is 5.92 Å². The molecule has 0 bridgehead atoms. The van der Waals surface area contributed by atoms with Crippen LogP contribution in [0.25, 0.3) is 0 Å². The van der Waals surface area contributed by atoms with Crippen LogP contribution in [0.4, 0.5) is 5.69 Å². The summed E-state index contributed by atoms with van der Waals surface area (Å²) in [5.41, 5.74) is 9.39. The normalized spacial score (nSPS) is 17.0. The predicted molar refractivity (Wildman–Crippen MR) is 88.2 cm³/mol. The highest BCUT2D eigenvalue weighted by molar-refractivity contribution is 6.01. The summed E-state index contributed by atoms with van der Waals surface area (Å²) in [6.07, 6.45) is 2.47. The van der Waals surface area contributed by atoms with Crippen molar-refractivity contribution in [3.05, 3.63) is 23.0 Å². The second kappa shape index (κ2) is 6.43. The quantitative estimate of drug-likeness (QED) is 0.654. The van der Waals surface area contributed by atoms with Crippen molar-refractivity contribution in [1.29, 1.82) is 5.41 Å². The van der Waals surface area contributed by atoms with Crippen molar-refractivity contribution in [3.63, 3.8) is 0 Å². The maximum absolute atomic E-state index is 7.83. The van der Waals surface area contributed by atoms with Gasteiger partial charge in [-0.3, -0.25) is 10.4 Å². The maximum Gasteiger partial charge on any atom is 0.126 e. The minimum absolute atomic E-state index is 0.102. The number of nitrogens with one attached hydrogen (secondary N) is 1. The number of nitrogens with two attached hydrogens (primary N) is 1. The van der Waals surface area contributed by atoms with Gasteiger partial charge in [0.15, 0.2) is 0 Å². The zero-order valence-electron chi connectivity index (χ0n) is 13.6. The summed E-state index contributed by atoms with van der Waals surface area (Å²) in [7, 11) is 4.28. The van der Waals surface area contributed by atoms with Gasteiger partial charge in [-0.1, -0.05) is 0 Å². The standard InChI is InChI=1S/C16H27N5/c1-11-9-14(15(16(17)18)12(2)19-11)21(4)10-13-5-7-20(3)8-6-13/h9,13H,5-8,10H2,1-4H3,(H3,17,18). The van der Waals surface area contributed by atoms with Crippen LogP contribution in [0.15, 0.2) is 6.07 Å². The first-order valence-electron chi connectivity index (χ1n) is 7.60. The van der Waals surface area contributed by atoms with E-state index in [1.54, 1.807) is 0 Å². The van der Waals surface area contributed by atoms with Crippen LogP contribution in [-0.4, -0.2) is 49.4 Å². The highest BCUT2D eigenvalue weighted by Gasteiger charge is 2.21. The summed E-state index contributed by atoms with van der Waals surface area (Å²) in [6.45, 7) is 7.27. The fourth-order valence-electron chi connectivity index (χ4n) is 3.17. The van der Waals surface area contributed by atoms with E-state index in [9.17, 15) is 0 Å². The Kier molecular flexibility index (Phi) is 4.83. The van der Waals surface area contributed by atoms with Crippen LogP contribution in [0.3, 0.4) is 0 Å². The molecule has 2 heterocycles. The highest BCUT2D eigenvalue weighted by atomic mass is 15.1. The number of aryl methyl sites for hydroxylation is 2. The topological polar surface area (TPSA) is 69.2 Å². The maximum atomic E-state index is 7.83. The molecule has 1 aromatic heterocycles. The zero-order valence-corrected chi connectivity index (χ0v) is 13.6. The monoisotopic (exact) mass is 289 g/mol. The molecule has 5 heteroatoms. The van der Waals surface area contributed by atoms with Crippen LogP contribution >= 0.6 is 0 Å². The van der Waals surface area contributed by atoms with Crippen molar-refractivity contribution in [2.75, 3.05) is 38.6 Å². The Balaban J connectivity index is 2.18. The van der Waals surface area contributed by atoms with Gasteiger partial charge in [0.25, 0.3) is 0 Å². The van der Waals surface area contributed by atoms with Crippen LogP contribution < -0.4 is 10.6 Å². The molecule has 1 aliphatic heterocycles. The number of rotatable bonds is 4. The van der Waals surface area contributed by atoms with Gasteiger partial charge < -0.3 is 15.5 Å². The van der Waals surface area contributed by atoms with Crippen molar-refractivity contribution < 1.29 is 0 Å². The number of amidine groups is 1. The number of likely N-dealkylation sites (tertiary alicyclic amines) is 1. The molecule has 0 radical (unpaired) electrons. The Bertz CT molecular complexity index is 518. The van der Waals surface area contributed by atoms with Crippen molar-refractivity contribution in [2.24, 2.45) is 11.7 Å². The second-order valence-corrected chi connectivity index (χ2v) is 6.28. The Morgan fingerprint density at radius 3 is 2.62 bits per heavy atom. The molecule has 3 N–H and O–H groups in total. The fraction of sp³-hybridized carbons (Fsp3) is 0.625. The van der Waals surface area contributed by atoms with E-state index in [-0.39, 0.29) is 5.84 Å². The molecule has 5 nitrogen and oxygen atoms in total. The third kappa shape index (κ3) is 3.73. The number of nitrogen functional groups attached to an aromatic ring is 1. The molecule has 0 spiro atoms. The summed E-state index contributed by atoms with van der Waals surface area (Å²) in [4.78, 5) is 9.07. The Hall–Kier alpha value is -1.62. The zero-order chi connectivity index (χ0) is 15.6. The lowest BCUT2D eigenvalue weighted by atomic mass is 9.96. The molecule has 116 valence electrons. The molecule has 0 unspecified atom stereocenters. The fourth-order valence-corrected chi connectivity index (χ4v) is 3.17. The van der Waals surface area contributed by atoms with Gasteiger partial charge in [-0.2, -0.15) is 0 Å². The summed E-state index contributed by atoms with van der Waals surface area (Å²) in [6, 6.07) is 2.04. The average Bonchev–Trinajstić information content (AvgIpc) is 2.39. The molecule has 1 fully saturated rings. The van der Waals surface area contributed by atoms with Crippen LogP contribution in [0.5, 0.6) is 0 Å². The van der Waals surface area contributed by atoms with Gasteiger partial charge in [-0.05, 0) is 58.8 Å². The third-order valence-electron chi connectivity index (χ3n) is 4.36. The van der Waals surface area contributed by atoms with Crippen molar-refractivity contribution in [1.82, 2.24) is 9.88 Å². The molecule has 1 aromatic rings. The minimum atomic E-state index is 0.102. The van der Waals surface area contributed by atoms with E-state index in [1.807, 2.05) is 19.9 Å². The van der Waals surface area contributed by atoms with Crippen molar-refractivity contribution in [2.45, 2.75) is 26.7 Å². The van der Waals surface area contributed by atoms with E-state index in [2.05, 4.69) is 28.9 Å². The third-order valence-corrected chi connectivity index (χ3v) is 4.36. The van der Waals surface area contributed by atoms with Gasteiger partial charge in [0.2, 0.25) is 0 Å². The average molecular weight is 289 g/mol. The summed E-state index contributed by atoms with van der Waals surface area (Å²) < 4.78 is 0. The molecule has 2 rings (SSSR count). The largest absolute Gasteiger partial charge is 0.384 e. The number of nitrogens with zero attached hydrogens (tertiary/aromatic N) is 3. The van der Waals surface area contributed by atoms with Crippen LogP contribution in [0, 0.1) is 25.2 Å². The molecule has 0 aromatic carbocycles. The van der Waals surface area contributed by atoms with Crippen LogP contribution in [0.1, 0.15) is 29.8 Å². The summed E-state index contributed by atoms with van der Waals surface area (Å²) in [5.74, 6) is 0.810. The lowest BCUT2D eigenvalue weighted by Gasteiger charge is -2.33. The molecular formula is C16H27N5. The number of piperidine rings is 1. The van der Waals surface area contributed by atoms with Crippen molar-refractivity contribution >= 4 is 11.5 Å². The van der Waals surface area contributed by atoms with E-state index in [0.717, 1.165) is 29.2 Å². The van der Waals surface area contributed by atoms with Gasteiger partial charge >= 0.3 is 0 Å². The van der Waals surface area contributed by atoms with Gasteiger partial charge in [-0.25, -0.2) is 0 Å². The number of aromatic nitrogens is 1. The molecule has 1 saturated heterocycles. The first-order valence-corrected chi connectivity index (χ1v) is 7.60. The molecule has 0 atom stereocenters. The molecule has 0 aliphatic carbocycles. The number of hydrogen-bond donors (Lipinski definition) is 2. The summed E-state index contributed by atoms with van der Waals surface area (Å²) in [5, 5.41) is 7.83. The number of anilines is 1.